The minimum atomic E-state index is -3.80. The topological polar surface area (TPSA) is 130 Å². The molecule has 0 bridgehead atoms. The van der Waals surface area contributed by atoms with Crippen molar-refractivity contribution >= 4 is 26.4 Å². The van der Waals surface area contributed by atoms with Crippen molar-refractivity contribution < 1.29 is 26.4 Å². The SMILES string of the molecule is COC(=O)CCN(C)S(=O)(=O)N1CCN(S(N)(=O)=O)CC1. The molecule has 0 amide bonds. The number of methoxy groups -OCH3 is 1. The number of piperazine rings is 1. The molecule has 124 valence electrons. The van der Waals surface area contributed by atoms with Crippen molar-refractivity contribution in [1.82, 2.24) is 12.9 Å². The van der Waals surface area contributed by atoms with Crippen LogP contribution in [0.2, 0.25) is 0 Å². The van der Waals surface area contributed by atoms with Crippen LogP contribution in [0, 0.1) is 0 Å². The van der Waals surface area contributed by atoms with Gasteiger partial charge in [0.25, 0.3) is 20.4 Å². The Morgan fingerprint density at radius 1 is 1.14 bits per heavy atom. The molecular weight excluding hydrogens is 324 g/mol. The van der Waals surface area contributed by atoms with Crippen LogP contribution in [0.3, 0.4) is 0 Å². The van der Waals surface area contributed by atoms with Crippen LogP contribution in [-0.4, -0.2) is 82.6 Å². The molecule has 0 aliphatic carbocycles. The largest absolute Gasteiger partial charge is 0.469 e. The maximum Gasteiger partial charge on any atom is 0.306 e. The maximum atomic E-state index is 12.2. The van der Waals surface area contributed by atoms with E-state index in [1.54, 1.807) is 0 Å². The predicted octanol–water partition coefficient (Wildman–Crippen LogP) is -2.45. The number of rotatable bonds is 6. The smallest absolute Gasteiger partial charge is 0.306 e. The minimum Gasteiger partial charge on any atom is -0.469 e. The van der Waals surface area contributed by atoms with Crippen molar-refractivity contribution in [3.8, 4) is 0 Å². The summed E-state index contributed by atoms with van der Waals surface area (Å²) in [5.74, 6) is -0.504. The molecule has 1 aliphatic heterocycles. The highest BCUT2D eigenvalue weighted by Gasteiger charge is 2.33. The molecule has 0 radical (unpaired) electrons. The van der Waals surface area contributed by atoms with Crippen LogP contribution in [-0.2, 0) is 30.0 Å². The highest BCUT2D eigenvalue weighted by Crippen LogP contribution is 2.12. The quantitative estimate of drug-likeness (QED) is 0.532. The van der Waals surface area contributed by atoms with Gasteiger partial charge in [-0.2, -0.15) is 29.8 Å². The summed E-state index contributed by atoms with van der Waals surface area (Å²) in [4.78, 5) is 11.0. The van der Waals surface area contributed by atoms with Gasteiger partial charge in [-0.25, -0.2) is 5.14 Å². The Hall–Kier alpha value is -0.790. The monoisotopic (exact) mass is 344 g/mol. The number of nitrogens with two attached hydrogens (primary N) is 1. The van der Waals surface area contributed by atoms with Crippen LogP contribution in [0.1, 0.15) is 6.42 Å². The van der Waals surface area contributed by atoms with E-state index in [9.17, 15) is 21.6 Å². The number of ether oxygens (including phenoxy) is 1. The van der Waals surface area contributed by atoms with E-state index in [1.807, 2.05) is 0 Å². The van der Waals surface area contributed by atoms with Crippen molar-refractivity contribution in [2.75, 3.05) is 46.9 Å². The fraction of sp³-hybridized carbons (Fsp3) is 0.889. The standard InChI is InChI=1S/C9H20N4O6S2/c1-11(4-3-9(14)19-2)21(17,18)13-7-5-12(6-8-13)20(10,15)16/h3-8H2,1-2H3,(H2,10,15,16). The van der Waals surface area contributed by atoms with Crippen LogP contribution in [0.25, 0.3) is 0 Å². The van der Waals surface area contributed by atoms with E-state index in [4.69, 9.17) is 5.14 Å². The highest BCUT2D eigenvalue weighted by atomic mass is 32.2. The first-order valence-corrected chi connectivity index (χ1v) is 9.05. The third-order valence-corrected chi connectivity index (χ3v) is 6.21. The second-order valence-corrected chi connectivity index (χ2v) is 8.08. The Labute approximate surface area is 124 Å². The van der Waals surface area contributed by atoms with Gasteiger partial charge in [0.05, 0.1) is 13.5 Å². The summed E-state index contributed by atoms with van der Waals surface area (Å²) < 4.78 is 54.5. The zero-order chi connectivity index (χ0) is 16.3. The molecule has 1 fully saturated rings. The summed E-state index contributed by atoms with van der Waals surface area (Å²) in [5, 5.41) is 4.99. The van der Waals surface area contributed by atoms with Crippen molar-refractivity contribution in [1.29, 1.82) is 0 Å². The fourth-order valence-corrected chi connectivity index (χ4v) is 3.83. The van der Waals surface area contributed by atoms with Gasteiger partial charge >= 0.3 is 5.97 Å². The van der Waals surface area contributed by atoms with Crippen LogP contribution < -0.4 is 5.14 Å². The number of carbonyl (C=O) groups excluding carboxylic acids is 1. The van der Waals surface area contributed by atoms with Crippen LogP contribution in [0.5, 0.6) is 0 Å². The zero-order valence-electron chi connectivity index (χ0n) is 11.9. The van der Waals surface area contributed by atoms with Crippen molar-refractivity contribution in [3.63, 3.8) is 0 Å². The third kappa shape index (κ3) is 4.86. The predicted molar refractivity (Wildman–Crippen MR) is 74.4 cm³/mol. The molecular formula is C9H20N4O6S2. The first kappa shape index (κ1) is 18.3. The Bertz CT molecular complexity index is 567. The second kappa shape index (κ2) is 6.98. The number of esters is 1. The molecule has 0 aromatic rings. The fourth-order valence-electron chi connectivity index (χ4n) is 1.82. The highest BCUT2D eigenvalue weighted by molar-refractivity contribution is 7.87. The average molecular weight is 344 g/mol. The Morgan fingerprint density at radius 2 is 1.62 bits per heavy atom. The van der Waals surface area contributed by atoms with Gasteiger partial charge in [-0.1, -0.05) is 0 Å². The van der Waals surface area contributed by atoms with Gasteiger partial charge < -0.3 is 4.74 Å². The molecule has 1 rings (SSSR count). The van der Waals surface area contributed by atoms with E-state index in [2.05, 4.69) is 4.74 Å². The molecule has 0 saturated carbocycles. The molecule has 0 aromatic heterocycles. The first-order valence-electron chi connectivity index (χ1n) is 6.15. The number of hydrogen-bond acceptors (Lipinski definition) is 6. The third-order valence-electron chi connectivity index (χ3n) is 3.14. The lowest BCUT2D eigenvalue weighted by atomic mass is 10.4. The van der Waals surface area contributed by atoms with E-state index in [0.717, 1.165) is 12.9 Å². The molecule has 0 atom stereocenters. The molecule has 10 nitrogen and oxygen atoms in total. The molecule has 12 heteroatoms. The lowest BCUT2D eigenvalue weighted by Gasteiger charge is -2.34. The normalized spacial score (nSPS) is 18.9. The first-order chi connectivity index (χ1) is 9.59. The van der Waals surface area contributed by atoms with Crippen LogP contribution >= 0.6 is 0 Å². The van der Waals surface area contributed by atoms with Gasteiger partial charge in [-0.3, -0.25) is 4.79 Å². The van der Waals surface area contributed by atoms with E-state index in [-0.39, 0.29) is 39.1 Å². The van der Waals surface area contributed by atoms with Gasteiger partial charge in [0.1, 0.15) is 0 Å². The number of carbonyl (C=O) groups is 1. The summed E-state index contributed by atoms with van der Waals surface area (Å²) >= 11 is 0. The van der Waals surface area contributed by atoms with E-state index >= 15 is 0 Å². The maximum absolute atomic E-state index is 12.2. The molecule has 1 saturated heterocycles. The van der Waals surface area contributed by atoms with E-state index < -0.39 is 26.4 Å². The van der Waals surface area contributed by atoms with Crippen molar-refractivity contribution in [2.24, 2.45) is 5.14 Å². The Kier molecular flexibility index (Phi) is 6.07. The molecule has 0 spiro atoms. The van der Waals surface area contributed by atoms with Crippen LogP contribution in [0.4, 0.5) is 0 Å². The van der Waals surface area contributed by atoms with Gasteiger partial charge in [-0.05, 0) is 0 Å². The van der Waals surface area contributed by atoms with Crippen molar-refractivity contribution in [2.45, 2.75) is 6.42 Å². The molecule has 2 N–H and O–H groups in total. The molecule has 21 heavy (non-hydrogen) atoms. The lowest BCUT2D eigenvalue weighted by molar-refractivity contribution is -0.140. The summed E-state index contributed by atoms with van der Waals surface area (Å²) in [7, 11) is -4.96. The number of nitrogens with zero attached hydrogens (tertiary/aromatic N) is 3. The Morgan fingerprint density at radius 3 is 2.05 bits per heavy atom. The average Bonchev–Trinajstić information content (AvgIpc) is 2.43. The van der Waals surface area contributed by atoms with Gasteiger partial charge in [-0.15, -0.1) is 0 Å². The van der Waals surface area contributed by atoms with Crippen molar-refractivity contribution in [3.05, 3.63) is 0 Å². The van der Waals surface area contributed by atoms with E-state index in [0.29, 0.717) is 0 Å². The number of hydrogen-bond donors (Lipinski definition) is 1. The summed E-state index contributed by atoms with van der Waals surface area (Å²) in [6.07, 6.45) is -0.0522. The van der Waals surface area contributed by atoms with Gasteiger partial charge in [0, 0.05) is 39.8 Å². The molecule has 0 unspecified atom stereocenters. The Balaban J connectivity index is 2.62. The second-order valence-electron chi connectivity index (χ2n) is 4.50. The minimum absolute atomic E-state index is 0.00288. The summed E-state index contributed by atoms with van der Waals surface area (Å²) in [6, 6.07) is 0. The zero-order valence-corrected chi connectivity index (χ0v) is 13.6. The molecule has 1 heterocycles. The van der Waals surface area contributed by atoms with Crippen LogP contribution in [0.15, 0.2) is 0 Å². The van der Waals surface area contributed by atoms with E-state index in [1.165, 1.54) is 14.2 Å². The van der Waals surface area contributed by atoms with Gasteiger partial charge in [0.2, 0.25) is 0 Å². The lowest BCUT2D eigenvalue weighted by Crippen LogP contribution is -2.54. The van der Waals surface area contributed by atoms with Gasteiger partial charge in [0.15, 0.2) is 0 Å². The summed E-state index contributed by atoms with van der Waals surface area (Å²) in [6.45, 7) is 0.0267. The molecule has 1 aliphatic rings. The summed E-state index contributed by atoms with van der Waals surface area (Å²) in [5.41, 5.74) is 0. The molecule has 0 aromatic carbocycles.